The molecule has 0 saturated carbocycles. The van der Waals surface area contributed by atoms with Gasteiger partial charge < -0.3 is 15.7 Å². The number of benzene rings is 1. The van der Waals surface area contributed by atoms with Gasteiger partial charge in [0.2, 0.25) is 5.91 Å². The molecule has 1 heterocycles. The van der Waals surface area contributed by atoms with Crippen molar-refractivity contribution in [2.24, 2.45) is 0 Å². The van der Waals surface area contributed by atoms with Gasteiger partial charge in [0.05, 0.1) is 5.56 Å². The number of aromatic carboxylic acids is 1. The molecule has 1 aliphatic rings. The van der Waals surface area contributed by atoms with Crippen molar-refractivity contribution in [3.05, 3.63) is 35.4 Å². The Balaban J connectivity index is 1.83. The standard InChI is InChI=1S/C13H16N2O3/c16-12-6-5-11(8-15-12)14-7-9-1-3-10(4-2-9)13(17)18/h1-4,11,14H,5-8H2,(H,15,16)(H,17,18). The minimum atomic E-state index is -0.912. The summed E-state index contributed by atoms with van der Waals surface area (Å²) in [4.78, 5) is 21.7. The second kappa shape index (κ2) is 5.64. The van der Waals surface area contributed by atoms with E-state index in [9.17, 15) is 9.59 Å². The number of amides is 1. The lowest BCUT2D eigenvalue weighted by atomic mass is 10.1. The highest BCUT2D eigenvalue weighted by atomic mass is 16.4. The number of carbonyl (C=O) groups is 2. The predicted octanol–water partition coefficient (Wildman–Crippen LogP) is 0.753. The van der Waals surface area contributed by atoms with Crippen LogP contribution in [-0.2, 0) is 11.3 Å². The molecule has 1 fully saturated rings. The molecular formula is C13H16N2O3. The number of hydrogen-bond donors (Lipinski definition) is 3. The van der Waals surface area contributed by atoms with E-state index in [0.717, 1.165) is 12.0 Å². The number of carboxylic acids is 1. The van der Waals surface area contributed by atoms with Gasteiger partial charge in [0.1, 0.15) is 0 Å². The van der Waals surface area contributed by atoms with Crippen molar-refractivity contribution in [2.45, 2.75) is 25.4 Å². The highest BCUT2D eigenvalue weighted by Gasteiger charge is 2.16. The lowest BCUT2D eigenvalue weighted by Gasteiger charge is -2.23. The van der Waals surface area contributed by atoms with Crippen LogP contribution >= 0.6 is 0 Å². The van der Waals surface area contributed by atoms with Crippen LogP contribution in [0.2, 0.25) is 0 Å². The van der Waals surface area contributed by atoms with E-state index in [2.05, 4.69) is 10.6 Å². The fourth-order valence-corrected chi connectivity index (χ4v) is 1.93. The Morgan fingerprint density at radius 3 is 2.67 bits per heavy atom. The number of carboxylic acid groups (broad SMARTS) is 1. The van der Waals surface area contributed by atoms with Crippen molar-refractivity contribution in [1.29, 1.82) is 0 Å². The molecule has 5 nitrogen and oxygen atoms in total. The van der Waals surface area contributed by atoms with Gasteiger partial charge in [-0.25, -0.2) is 4.79 Å². The Hall–Kier alpha value is -1.88. The maximum absolute atomic E-state index is 11.0. The summed E-state index contributed by atoms with van der Waals surface area (Å²) in [6.07, 6.45) is 1.41. The lowest BCUT2D eigenvalue weighted by molar-refractivity contribution is -0.122. The van der Waals surface area contributed by atoms with Crippen LogP contribution in [0.5, 0.6) is 0 Å². The predicted molar refractivity (Wildman–Crippen MR) is 66.3 cm³/mol. The molecule has 2 rings (SSSR count). The van der Waals surface area contributed by atoms with Gasteiger partial charge in [-0.2, -0.15) is 0 Å². The molecule has 0 aromatic heterocycles. The monoisotopic (exact) mass is 248 g/mol. The second-order valence-corrected chi connectivity index (χ2v) is 4.42. The van der Waals surface area contributed by atoms with E-state index in [1.54, 1.807) is 24.3 Å². The van der Waals surface area contributed by atoms with Crippen LogP contribution in [0.15, 0.2) is 24.3 Å². The molecule has 1 amide bonds. The van der Waals surface area contributed by atoms with E-state index in [-0.39, 0.29) is 5.91 Å². The summed E-state index contributed by atoms with van der Waals surface area (Å²) in [5, 5.41) is 14.9. The number of rotatable bonds is 4. The highest BCUT2D eigenvalue weighted by Crippen LogP contribution is 2.07. The third-order valence-electron chi connectivity index (χ3n) is 3.06. The average molecular weight is 248 g/mol. The molecule has 1 aromatic carbocycles. The molecule has 0 bridgehead atoms. The second-order valence-electron chi connectivity index (χ2n) is 4.42. The van der Waals surface area contributed by atoms with Crippen LogP contribution in [0.4, 0.5) is 0 Å². The maximum atomic E-state index is 11.0. The molecule has 5 heteroatoms. The van der Waals surface area contributed by atoms with Crippen LogP contribution < -0.4 is 10.6 Å². The van der Waals surface area contributed by atoms with Gasteiger partial charge in [0.25, 0.3) is 0 Å². The summed E-state index contributed by atoms with van der Waals surface area (Å²) in [5.41, 5.74) is 1.33. The highest BCUT2D eigenvalue weighted by molar-refractivity contribution is 5.87. The van der Waals surface area contributed by atoms with E-state index in [4.69, 9.17) is 5.11 Å². The molecule has 0 aliphatic carbocycles. The molecule has 1 atom stereocenters. The van der Waals surface area contributed by atoms with Gasteiger partial charge in [-0.05, 0) is 24.1 Å². The van der Waals surface area contributed by atoms with Crippen LogP contribution in [0.25, 0.3) is 0 Å². The SMILES string of the molecule is O=C1CCC(NCc2ccc(C(=O)O)cc2)CN1. The van der Waals surface area contributed by atoms with E-state index < -0.39 is 5.97 Å². The van der Waals surface area contributed by atoms with Gasteiger partial charge in [0, 0.05) is 25.6 Å². The molecule has 18 heavy (non-hydrogen) atoms. The third kappa shape index (κ3) is 3.30. The maximum Gasteiger partial charge on any atom is 0.335 e. The Bertz CT molecular complexity index is 432. The molecule has 0 spiro atoms. The fourth-order valence-electron chi connectivity index (χ4n) is 1.93. The van der Waals surface area contributed by atoms with Gasteiger partial charge in [0.15, 0.2) is 0 Å². The normalized spacial score (nSPS) is 19.3. The Morgan fingerprint density at radius 1 is 1.39 bits per heavy atom. The van der Waals surface area contributed by atoms with Crippen molar-refractivity contribution in [2.75, 3.05) is 6.54 Å². The van der Waals surface area contributed by atoms with Gasteiger partial charge in [-0.3, -0.25) is 4.79 Å². The molecule has 96 valence electrons. The average Bonchev–Trinajstić information content (AvgIpc) is 2.38. The first kappa shape index (κ1) is 12.6. The Morgan fingerprint density at radius 2 is 2.11 bits per heavy atom. The minimum Gasteiger partial charge on any atom is -0.478 e. The van der Waals surface area contributed by atoms with Crippen molar-refractivity contribution in [3.63, 3.8) is 0 Å². The van der Waals surface area contributed by atoms with Crippen LogP contribution in [0.3, 0.4) is 0 Å². The fraction of sp³-hybridized carbons (Fsp3) is 0.385. The quantitative estimate of drug-likeness (QED) is 0.735. The zero-order valence-electron chi connectivity index (χ0n) is 9.98. The summed E-state index contributed by atoms with van der Waals surface area (Å²) < 4.78 is 0. The summed E-state index contributed by atoms with van der Waals surface area (Å²) in [6, 6.07) is 7.10. The summed E-state index contributed by atoms with van der Waals surface area (Å²) >= 11 is 0. The smallest absolute Gasteiger partial charge is 0.335 e. The number of piperidine rings is 1. The van der Waals surface area contributed by atoms with E-state index in [0.29, 0.717) is 31.1 Å². The van der Waals surface area contributed by atoms with Crippen LogP contribution in [0.1, 0.15) is 28.8 Å². The Kier molecular flexibility index (Phi) is 3.94. The van der Waals surface area contributed by atoms with Crippen molar-refractivity contribution in [3.8, 4) is 0 Å². The molecule has 3 N–H and O–H groups in total. The molecule has 1 saturated heterocycles. The molecular weight excluding hydrogens is 232 g/mol. The zero-order valence-corrected chi connectivity index (χ0v) is 9.98. The van der Waals surface area contributed by atoms with E-state index in [1.807, 2.05) is 0 Å². The zero-order chi connectivity index (χ0) is 13.0. The minimum absolute atomic E-state index is 0.110. The largest absolute Gasteiger partial charge is 0.478 e. The van der Waals surface area contributed by atoms with Crippen LogP contribution in [0, 0.1) is 0 Å². The third-order valence-corrected chi connectivity index (χ3v) is 3.06. The Labute approximate surface area is 105 Å². The topological polar surface area (TPSA) is 78.4 Å². The molecule has 1 aromatic rings. The summed E-state index contributed by atoms with van der Waals surface area (Å²) in [7, 11) is 0. The van der Waals surface area contributed by atoms with Crippen molar-refractivity contribution >= 4 is 11.9 Å². The number of nitrogens with one attached hydrogen (secondary N) is 2. The molecule has 1 aliphatic heterocycles. The van der Waals surface area contributed by atoms with Gasteiger partial charge in [-0.15, -0.1) is 0 Å². The van der Waals surface area contributed by atoms with Gasteiger partial charge >= 0.3 is 5.97 Å². The molecule has 1 unspecified atom stereocenters. The first-order valence-corrected chi connectivity index (χ1v) is 5.97. The van der Waals surface area contributed by atoms with Crippen molar-refractivity contribution in [1.82, 2.24) is 10.6 Å². The first-order chi connectivity index (χ1) is 8.65. The first-order valence-electron chi connectivity index (χ1n) is 5.97. The van der Waals surface area contributed by atoms with E-state index in [1.165, 1.54) is 0 Å². The van der Waals surface area contributed by atoms with E-state index >= 15 is 0 Å². The summed E-state index contributed by atoms with van der Waals surface area (Å²) in [6.45, 7) is 1.34. The lowest BCUT2D eigenvalue weighted by Crippen LogP contribution is -2.45. The van der Waals surface area contributed by atoms with Gasteiger partial charge in [-0.1, -0.05) is 12.1 Å². The molecule has 0 radical (unpaired) electrons. The number of carbonyl (C=O) groups excluding carboxylic acids is 1. The van der Waals surface area contributed by atoms with Crippen molar-refractivity contribution < 1.29 is 14.7 Å². The number of hydrogen-bond acceptors (Lipinski definition) is 3. The van der Waals surface area contributed by atoms with Crippen LogP contribution in [-0.4, -0.2) is 29.6 Å². The summed E-state index contributed by atoms with van der Waals surface area (Å²) in [5.74, 6) is -0.802.